The maximum absolute atomic E-state index is 11.4. The van der Waals surface area contributed by atoms with Crippen molar-refractivity contribution in [3.8, 4) is 0 Å². The Labute approximate surface area is 111 Å². The lowest BCUT2D eigenvalue weighted by Gasteiger charge is -2.02. The molecular weight excluding hydrogens is 250 g/mol. The van der Waals surface area contributed by atoms with Crippen LogP contribution in [0.5, 0.6) is 0 Å². The van der Waals surface area contributed by atoms with Crippen molar-refractivity contribution < 1.29 is 13.9 Å². The van der Waals surface area contributed by atoms with Gasteiger partial charge in [-0.15, -0.1) is 5.10 Å². The van der Waals surface area contributed by atoms with E-state index >= 15 is 0 Å². The van der Waals surface area contributed by atoms with Gasteiger partial charge in [0.15, 0.2) is 0 Å². The number of nitrogens with one attached hydrogen (secondary N) is 3. The highest BCUT2D eigenvalue weighted by Gasteiger charge is 2.23. The normalized spacial score (nSPS) is 14.4. The fraction of sp³-hybridized carbons (Fsp3) is 0.727. The van der Waals surface area contributed by atoms with E-state index in [2.05, 4.69) is 26.1 Å². The third-order valence-electron chi connectivity index (χ3n) is 2.57. The van der Waals surface area contributed by atoms with Gasteiger partial charge in [0.2, 0.25) is 11.8 Å². The first kappa shape index (κ1) is 13.8. The summed E-state index contributed by atoms with van der Waals surface area (Å²) in [6.07, 6.45) is 2.15. The van der Waals surface area contributed by atoms with Gasteiger partial charge in [-0.1, -0.05) is 5.10 Å². The Balaban J connectivity index is 1.63. The van der Waals surface area contributed by atoms with Crippen molar-refractivity contribution in [1.29, 1.82) is 0 Å². The van der Waals surface area contributed by atoms with Crippen LogP contribution in [-0.2, 0) is 16.1 Å². The van der Waals surface area contributed by atoms with Gasteiger partial charge in [-0.3, -0.25) is 4.79 Å². The zero-order valence-electron chi connectivity index (χ0n) is 10.9. The number of rotatable bonds is 9. The number of amides is 1. The number of carbonyl (C=O) groups excluding carboxylic acids is 1. The van der Waals surface area contributed by atoms with Gasteiger partial charge in [0.1, 0.15) is 0 Å². The molecule has 1 fully saturated rings. The maximum atomic E-state index is 11.4. The number of hydrogen-bond donors (Lipinski definition) is 3. The summed E-state index contributed by atoms with van der Waals surface area (Å²) >= 11 is 0. The van der Waals surface area contributed by atoms with E-state index in [9.17, 15) is 4.79 Å². The Bertz CT molecular complexity index is 405. The summed E-state index contributed by atoms with van der Waals surface area (Å²) in [5.41, 5.74) is 0. The molecule has 1 aromatic rings. The zero-order chi connectivity index (χ0) is 13.5. The van der Waals surface area contributed by atoms with E-state index in [0.717, 1.165) is 12.8 Å². The van der Waals surface area contributed by atoms with E-state index in [1.54, 1.807) is 7.11 Å². The summed E-state index contributed by atoms with van der Waals surface area (Å²) in [5.74, 6) is 0.418. The summed E-state index contributed by atoms with van der Waals surface area (Å²) in [6, 6.07) is 0.618. The van der Waals surface area contributed by atoms with Crippen LogP contribution in [0.25, 0.3) is 0 Å². The second-order valence-corrected chi connectivity index (χ2v) is 4.37. The van der Waals surface area contributed by atoms with E-state index < -0.39 is 0 Å². The number of aromatic nitrogens is 2. The van der Waals surface area contributed by atoms with E-state index in [0.29, 0.717) is 31.6 Å². The van der Waals surface area contributed by atoms with Gasteiger partial charge < -0.3 is 25.1 Å². The molecule has 0 bridgehead atoms. The molecule has 2 rings (SSSR count). The standard InChI is InChI=1S/C11H19N5O3/c1-18-5-4-12-7-10-15-16-11(19-10)13-6-9(17)14-8-2-3-8/h8,12H,2-7H2,1H3,(H,13,16)(H,14,17). The summed E-state index contributed by atoms with van der Waals surface area (Å²) in [6.45, 7) is 1.97. The van der Waals surface area contributed by atoms with Gasteiger partial charge in [-0.05, 0) is 12.8 Å². The number of methoxy groups -OCH3 is 1. The van der Waals surface area contributed by atoms with E-state index in [1.165, 1.54) is 0 Å². The highest BCUT2D eigenvalue weighted by Crippen LogP contribution is 2.18. The average Bonchev–Trinajstić information content (AvgIpc) is 3.09. The van der Waals surface area contributed by atoms with Crippen LogP contribution in [0, 0.1) is 0 Å². The molecular formula is C11H19N5O3. The van der Waals surface area contributed by atoms with Crippen molar-refractivity contribution >= 4 is 11.9 Å². The van der Waals surface area contributed by atoms with Crippen LogP contribution in [0.4, 0.5) is 6.01 Å². The Morgan fingerprint density at radius 3 is 3.05 bits per heavy atom. The minimum Gasteiger partial charge on any atom is -0.407 e. The summed E-state index contributed by atoms with van der Waals surface area (Å²) in [4.78, 5) is 11.4. The monoisotopic (exact) mass is 269 g/mol. The number of anilines is 1. The highest BCUT2D eigenvalue weighted by atomic mass is 16.5. The molecule has 0 aromatic carbocycles. The molecule has 1 aliphatic rings. The first-order valence-corrected chi connectivity index (χ1v) is 6.33. The molecule has 0 saturated heterocycles. The molecule has 3 N–H and O–H groups in total. The van der Waals surface area contributed by atoms with Crippen LogP contribution in [0.15, 0.2) is 4.42 Å². The van der Waals surface area contributed by atoms with Crippen LogP contribution in [0.2, 0.25) is 0 Å². The van der Waals surface area contributed by atoms with Crippen LogP contribution in [0.3, 0.4) is 0 Å². The smallest absolute Gasteiger partial charge is 0.315 e. The quantitative estimate of drug-likeness (QED) is 0.519. The van der Waals surface area contributed by atoms with Crippen molar-refractivity contribution in [2.75, 3.05) is 32.1 Å². The van der Waals surface area contributed by atoms with Gasteiger partial charge in [0, 0.05) is 19.7 Å². The zero-order valence-corrected chi connectivity index (χ0v) is 10.9. The minimum absolute atomic E-state index is 0.0551. The van der Waals surface area contributed by atoms with E-state index in [1.807, 2.05) is 0 Å². The third kappa shape index (κ3) is 5.23. The van der Waals surface area contributed by atoms with Gasteiger partial charge in [-0.25, -0.2) is 0 Å². The van der Waals surface area contributed by atoms with Crippen LogP contribution >= 0.6 is 0 Å². The van der Waals surface area contributed by atoms with Gasteiger partial charge in [0.25, 0.3) is 0 Å². The summed E-state index contributed by atoms with van der Waals surface area (Å²) < 4.78 is 10.2. The van der Waals surface area contributed by atoms with E-state index in [-0.39, 0.29) is 18.5 Å². The number of hydrogen-bond acceptors (Lipinski definition) is 7. The van der Waals surface area contributed by atoms with Crippen LogP contribution in [0.1, 0.15) is 18.7 Å². The molecule has 1 amide bonds. The second-order valence-electron chi connectivity index (χ2n) is 4.37. The number of ether oxygens (including phenoxy) is 1. The molecule has 0 spiro atoms. The summed E-state index contributed by atoms with van der Waals surface area (Å²) in [7, 11) is 1.64. The molecule has 1 aromatic heterocycles. The van der Waals surface area contributed by atoms with Crippen molar-refractivity contribution in [2.24, 2.45) is 0 Å². The fourth-order valence-corrected chi connectivity index (χ4v) is 1.43. The Kier molecular flexibility index (Phi) is 5.10. The average molecular weight is 269 g/mol. The molecule has 0 atom stereocenters. The minimum atomic E-state index is -0.0551. The molecule has 1 saturated carbocycles. The second kappa shape index (κ2) is 7.05. The van der Waals surface area contributed by atoms with Gasteiger partial charge in [0.05, 0.1) is 19.7 Å². The first-order chi connectivity index (χ1) is 9.28. The largest absolute Gasteiger partial charge is 0.407 e. The molecule has 8 nitrogen and oxygen atoms in total. The Morgan fingerprint density at radius 2 is 2.32 bits per heavy atom. The molecule has 106 valence electrons. The highest BCUT2D eigenvalue weighted by molar-refractivity contribution is 5.80. The van der Waals surface area contributed by atoms with Crippen LogP contribution in [-0.4, -0.2) is 49.0 Å². The lowest BCUT2D eigenvalue weighted by molar-refractivity contribution is -0.119. The SMILES string of the molecule is COCCNCc1nnc(NCC(=O)NC2CC2)o1. The van der Waals surface area contributed by atoms with Crippen molar-refractivity contribution in [3.63, 3.8) is 0 Å². The first-order valence-electron chi connectivity index (χ1n) is 6.33. The lowest BCUT2D eigenvalue weighted by atomic mass is 10.5. The van der Waals surface area contributed by atoms with Crippen molar-refractivity contribution in [3.05, 3.63) is 5.89 Å². The molecule has 1 heterocycles. The topological polar surface area (TPSA) is 101 Å². The molecule has 0 radical (unpaired) electrons. The molecule has 8 heteroatoms. The predicted molar refractivity (Wildman–Crippen MR) is 67.5 cm³/mol. The molecule has 19 heavy (non-hydrogen) atoms. The molecule has 0 aliphatic heterocycles. The van der Waals surface area contributed by atoms with Crippen molar-refractivity contribution in [1.82, 2.24) is 20.8 Å². The molecule has 0 unspecified atom stereocenters. The Hall–Kier alpha value is -1.67. The third-order valence-corrected chi connectivity index (χ3v) is 2.57. The fourth-order valence-electron chi connectivity index (χ4n) is 1.43. The predicted octanol–water partition coefficient (Wildman–Crippen LogP) is -0.504. The number of carbonyl (C=O) groups is 1. The Morgan fingerprint density at radius 1 is 1.47 bits per heavy atom. The van der Waals surface area contributed by atoms with Gasteiger partial charge >= 0.3 is 6.01 Å². The maximum Gasteiger partial charge on any atom is 0.315 e. The van der Waals surface area contributed by atoms with Crippen molar-refractivity contribution in [2.45, 2.75) is 25.4 Å². The molecule has 1 aliphatic carbocycles. The summed E-state index contributed by atoms with van der Waals surface area (Å²) in [5, 5.41) is 16.4. The number of nitrogens with zero attached hydrogens (tertiary/aromatic N) is 2. The lowest BCUT2D eigenvalue weighted by Crippen LogP contribution is -2.31. The van der Waals surface area contributed by atoms with Gasteiger partial charge in [-0.2, -0.15) is 0 Å². The van der Waals surface area contributed by atoms with Crippen LogP contribution < -0.4 is 16.0 Å². The van der Waals surface area contributed by atoms with E-state index in [4.69, 9.17) is 9.15 Å².